The Morgan fingerprint density at radius 3 is 0.986 bits per heavy atom. The molecule has 0 aromatic heterocycles. The van der Waals surface area contributed by atoms with Gasteiger partial charge in [0.25, 0.3) is 0 Å². The molecule has 0 aliphatic carbocycles. The third-order valence-corrected chi connectivity index (χ3v) is 16.0. The lowest BCUT2D eigenvalue weighted by Gasteiger charge is -2.40. The summed E-state index contributed by atoms with van der Waals surface area (Å²) in [5.41, 5.74) is 0. The number of ether oxygens (including phenoxy) is 2. The van der Waals surface area contributed by atoms with Gasteiger partial charge in [-0.1, -0.05) is 322 Å². The molecule has 6 N–H and O–H groups in total. The Bertz CT molecular complexity index is 1100. The molecule has 1 aliphatic heterocycles. The van der Waals surface area contributed by atoms with Gasteiger partial charge < -0.3 is 40.3 Å². The van der Waals surface area contributed by atoms with Crippen LogP contribution in [0.25, 0.3) is 0 Å². The van der Waals surface area contributed by atoms with E-state index in [0.717, 1.165) is 38.5 Å². The van der Waals surface area contributed by atoms with Crippen molar-refractivity contribution in [2.45, 2.75) is 384 Å². The molecule has 430 valence electrons. The standard InChI is InChI=1S/C63H125NO8/c1-3-5-7-9-11-13-15-17-19-20-21-22-23-24-25-26-27-28-29-30-31-32-33-34-35-36-37-39-41-43-45-47-49-51-53-59(67)64-56(55-71-63-62(70)61(69)60(68)58(54-65)72-63)57(66)52-50-48-46-44-42-40-38-18-16-14-12-10-8-6-4-2/h56-58,60-63,65-66,68-70H,3-55H2,1-2H3,(H,64,67)/t56-,57+,58+,60+,61?,62?,63+/m0/s1. The number of hydrogen-bond donors (Lipinski definition) is 6. The molecular weight excluding hydrogens is 899 g/mol. The molecule has 0 saturated carbocycles. The maximum atomic E-state index is 13.1. The summed E-state index contributed by atoms with van der Waals surface area (Å²) in [6.45, 7) is 3.89. The van der Waals surface area contributed by atoms with Crippen molar-refractivity contribution in [3.63, 3.8) is 0 Å². The van der Waals surface area contributed by atoms with Crippen LogP contribution in [0.3, 0.4) is 0 Å². The van der Waals surface area contributed by atoms with Crippen LogP contribution < -0.4 is 5.32 Å². The van der Waals surface area contributed by atoms with E-state index in [1.165, 1.54) is 276 Å². The molecular formula is C63H125NO8. The zero-order chi connectivity index (χ0) is 52.2. The Balaban J connectivity index is 2.05. The normalized spacial score (nSPS) is 19.0. The minimum Gasteiger partial charge on any atom is -0.394 e. The molecule has 0 aromatic carbocycles. The maximum absolute atomic E-state index is 13.1. The first-order chi connectivity index (χ1) is 35.3. The third kappa shape index (κ3) is 42.3. The first kappa shape index (κ1) is 69.2. The monoisotopic (exact) mass is 1020 g/mol. The quantitative estimate of drug-likeness (QED) is 0.0330. The SMILES string of the molecule is CCCCCCCCCCCCCCCCCCCCCCCCCCCCCCCCCCCCC(=O)N[C@@H](CO[C@@H]1O[C@H](CO)[C@@H](O)C(O)C1O)[C@H](O)CCCCCCCCCCCCCCCCC. The van der Waals surface area contributed by atoms with Crippen molar-refractivity contribution in [1.82, 2.24) is 5.32 Å². The van der Waals surface area contributed by atoms with Crippen LogP contribution >= 0.6 is 0 Å². The summed E-state index contributed by atoms with van der Waals surface area (Å²) in [6.07, 6.45) is 58.8. The average Bonchev–Trinajstić information content (AvgIpc) is 3.38. The van der Waals surface area contributed by atoms with E-state index in [4.69, 9.17) is 9.47 Å². The van der Waals surface area contributed by atoms with Crippen molar-refractivity contribution in [3.8, 4) is 0 Å². The summed E-state index contributed by atoms with van der Waals surface area (Å²) in [5, 5.41) is 54.7. The van der Waals surface area contributed by atoms with E-state index < -0.39 is 49.5 Å². The van der Waals surface area contributed by atoms with Gasteiger partial charge in [-0.2, -0.15) is 0 Å². The fourth-order valence-electron chi connectivity index (χ4n) is 10.9. The van der Waals surface area contributed by atoms with Gasteiger partial charge >= 0.3 is 0 Å². The first-order valence-corrected chi connectivity index (χ1v) is 32.2. The molecule has 1 fully saturated rings. The van der Waals surface area contributed by atoms with Crippen LogP contribution in [0.1, 0.15) is 341 Å². The highest BCUT2D eigenvalue weighted by molar-refractivity contribution is 5.76. The van der Waals surface area contributed by atoms with E-state index in [1.54, 1.807) is 0 Å². The summed E-state index contributed by atoms with van der Waals surface area (Å²) in [5.74, 6) is -0.135. The van der Waals surface area contributed by atoms with Crippen molar-refractivity contribution in [2.24, 2.45) is 0 Å². The molecule has 1 aliphatic rings. The third-order valence-electron chi connectivity index (χ3n) is 16.0. The highest BCUT2D eigenvalue weighted by Crippen LogP contribution is 2.24. The van der Waals surface area contributed by atoms with Crippen LogP contribution in [-0.4, -0.2) is 87.5 Å². The smallest absolute Gasteiger partial charge is 0.220 e. The second kappa shape index (κ2) is 53.6. The summed E-state index contributed by atoms with van der Waals surface area (Å²) in [6, 6.07) is -0.713. The zero-order valence-corrected chi connectivity index (χ0v) is 48.0. The Hall–Kier alpha value is -0.810. The molecule has 0 aromatic rings. The second-order valence-corrected chi connectivity index (χ2v) is 22.9. The molecule has 1 heterocycles. The number of hydrogen-bond acceptors (Lipinski definition) is 8. The van der Waals surface area contributed by atoms with Crippen molar-refractivity contribution in [2.75, 3.05) is 13.2 Å². The van der Waals surface area contributed by atoms with Crippen LogP contribution in [0.15, 0.2) is 0 Å². The largest absolute Gasteiger partial charge is 0.394 e. The molecule has 0 spiro atoms. The molecule has 72 heavy (non-hydrogen) atoms. The van der Waals surface area contributed by atoms with Gasteiger partial charge in [-0.15, -0.1) is 0 Å². The van der Waals surface area contributed by atoms with Gasteiger partial charge in [-0.05, 0) is 12.8 Å². The zero-order valence-electron chi connectivity index (χ0n) is 48.0. The van der Waals surface area contributed by atoms with Gasteiger partial charge in [0.15, 0.2) is 6.29 Å². The molecule has 1 amide bonds. The molecule has 0 radical (unpaired) electrons. The molecule has 9 heteroatoms. The Morgan fingerprint density at radius 1 is 0.417 bits per heavy atom. The van der Waals surface area contributed by atoms with E-state index in [9.17, 15) is 30.3 Å². The van der Waals surface area contributed by atoms with Crippen LogP contribution in [-0.2, 0) is 14.3 Å². The molecule has 7 atom stereocenters. The molecule has 1 rings (SSSR count). The molecule has 0 bridgehead atoms. The number of unbranched alkanes of at least 4 members (excludes halogenated alkanes) is 47. The minimum atomic E-state index is -1.55. The topological polar surface area (TPSA) is 149 Å². The van der Waals surface area contributed by atoms with E-state index in [2.05, 4.69) is 19.2 Å². The Labute approximate surface area is 446 Å². The summed E-state index contributed by atoms with van der Waals surface area (Å²) in [4.78, 5) is 13.1. The van der Waals surface area contributed by atoms with E-state index >= 15 is 0 Å². The summed E-state index contributed by atoms with van der Waals surface area (Å²) < 4.78 is 11.3. The number of carbonyl (C=O) groups is 1. The average molecular weight is 1020 g/mol. The highest BCUT2D eigenvalue weighted by atomic mass is 16.7. The predicted molar refractivity (Wildman–Crippen MR) is 304 cm³/mol. The van der Waals surface area contributed by atoms with Crippen LogP contribution in [0.5, 0.6) is 0 Å². The number of carbonyl (C=O) groups excluding carboxylic acids is 1. The van der Waals surface area contributed by atoms with Crippen molar-refractivity contribution in [3.05, 3.63) is 0 Å². The first-order valence-electron chi connectivity index (χ1n) is 32.2. The molecule has 1 saturated heterocycles. The fourth-order valence-corrected chi connectivity index (χ4v) is 10.9. The van der Waals surface area contributed by atoms with Crippen molar-refractivity contribution < 1.29 is 39.8 Å². The highest BCUT2D eigenvalue weighted by Gasteiger charge is 2.44. The molecule has 9 nitrogen and oxygen atoms in total. The van der Waals surface area contributed by atoms with Crippen LogP contribution in [0, 0.1) is 0 Å². The van der Waals surface area contributed by atoms with Crippen LogP contribution in [0.4, 0.5) is 0 Å². The number of aliphatic hydroxyl groups is 5. The molecule has 2 unspecified atom stereocenters. The lowest BCUT2D eigenvalue weighted by atomic mass is 9.99. The fraction of sp³-hybridized carbons (Fsp3) is 0.984. The number of aliphatic hydroxyl groups excluding tert-OH is 5. The number of rotatable bonds is 57. The number of nitrogens with one attached hydrogen (secondary N) is 1. The van der Waals surface area contributed by atoms with Gasteiger partial charge in [0.1, 0.15) is 24.4 Å². The summed E-state index contributed by atoms with van der Waals surface area (Å²) in [7, 11) is 0. The van der Waals surface area contributed by atoms with Gasteiger partial charge in [-0.3, -0.25) is 4.79 Å². The van der Waals surface area contributed by atoms with E-state index in [-0.39, 0.29) is 12.5 Å². The Morgan fingerprint density at radius 2 is 0.694 bits per heavy atom. The number of amides is 1. The van der Waals surface area contributed by atoms with Crippen LogP contribution in [0.2, 0.25) is 0 Å². The van der Waals surface area contributed by atoms with Gasteiger partial charge in [0, 0.05) is 6.42 Å². The van der Waals surface area contributed by atoms with Gasteiger partial charge in [0.05, 0.1) is 25.4 Å². The minimum absolute atomic E-state index is 0.131. The maximum Gasteiger partial charge on any atom is 0.220 e. The van der Waals surface area contributed by atoms with Gasteiger partial charge in [-0.25, -0.2) is 0 Å². The second-order valence-electron chi connectivity index (χ2n) is 22.9. The van der Waals surface area contributed by atoms with E-state index in [0.29, 0.717) is 12.8 Å². The van der Waals surface area contributed by atoms with Gasteiger partial charge in [0.2, 0.25) is 5.91 Å². The van der Waals surface area contributed by atoms with Crippen molar-refractivity contribution >= 4 is 5.91 Å². The Kier molecular flexibility index (Phi) is 51.5. The lowest BCUT2D eigenvalue weighted by Crippen LogP contribution is -2.60. The van der Waals surface area contributed by atoms with Crippen molar-refractivity contribution in [1.29, 1.82) is 0 Å². The summed E-state index contributed by atoms with van der Waals surface area (Å²) >= 11 is 0. The lowest BCUT2D eigenvalue weighted by molar-refractivity contribution is -0.302. The van der Waals surface area contributed by atoms with E-state index in [1.807, 2.05) is 0 Å². The predicted octanol–water partition coefficient (Wildman–Crippen LogP) is 16.6.